The maximum absolute atomic E-state index is 11.2. The van der Waals surface area contributed by atoms with Crippen molar-refractivity contribution in [3.8, 4) is 0 Å². The number of hydrogen-bond donors (Lipinski definition) is 1. The monoisotopic (exact) mass is 199 g/mol. The number of Topliss-reactive ketones (excluding diaryl/α,β-unsaturated/α-hetero) is 1. The summed E-state index contributed by atoms with van der Waals surface area (Å²) in [5, 5.41) is 2.48. The van der Waals surface area contributed by atoms with E-state index in [2.05, 4.69) is 16.6 Å². The second-order valence-electron chi connectivity index (χ2n) is 4.13. The first-order valence-corrected chi connectivity index (χ1v) is 4.37. The van der Waals surface area contributed by atoms with E-state index in [4.69, 9.17) is 0 Å². The van der Waals surface area contributed by atoms with Crippen LogP contribution in [0.5, 0.6) is 0 Å². The zero-order chi connectivity index (χ0) is 11.4. The molecule has 0 bridgehead atoms. The summed E-state index contributed by atoms with van der Waals surface area (Å²) in [7, 11) is 0. The molecular weight excluding hydrogens is 182 g/mol. The lowest BCUT2D eigenvalue weighted by Gasteiger charge is -2.28. The molecule has 0 aliphatic carbocycles. The van der Waals surface area contributed by atoms with Crippen molar-refractivity contribution in [1.29, 1.82) is 0 Å². The van der Waals surface area contributed by atoms with Gasteiger partial charge in [0.15, 0.2) is 5.78 Å². The summed E-state index contributed by atoms with van der Waals surface area (Å²) >= 11 is 0. The first-order chi connectivity index (χ1) is 6.29. The number of alkyl carbamates (subject to hydrolysis) is 1. The second kappa shape index (κ2) is 4.79. The predicted molar refractivity (Wildman–Crippen MR) is 53.7 cm³/mol. The summed E-state index contributed by atoms with van der Waals surface area (Å²) in [5.74, 6) is -0.0986. The van der Waals surface area contributed by atoms with Crippen LogP contribution in [0.4, 0.5) is 4.79 Å². The summed E-state index contributed by atoms with van der Waals surface area (Å²) in [6.07, 6.45) is 0.366. The molecule has 1 atom stereocenters. The predicted octanol–water partition coefficient (Wildman–Crippen LogP) is 1.86. The van der Waals surface area contributed by atoms with Gasteiger partial charge < -0.3 is 10.1 Å². The summed E-state index contributed by atoms with van der Waals surface area (Å²) in [4.78, 5) is 22.3. The Kier molecular flexibility index (Phi) is 4.34. The van der Waals surface area contributed by atoms with Crippen LogP contribution in [0.2, 0.25) is 0 Å². The molecule has 0 aliphatic heterocycles. The third-order valence-electron chi connectivity index (χ3n) is 1.73. The van der Waals surface area contributed by atoms with Gasteiger partial charge in [-0.2, -0.15) is 0 Å². The maximum Gasteiger partial charge on any atom is 0.412 e. The molecule has 0 saturated heterocycles. The van der Waals surface area contributed by atoms with Crippen LogP contribution in [0.25, 0.3) is 0 Å². The summed E-state index contributed by atoms with van der Waals surface area (Å²) in [5.41, 5.74) is -0.327. The van der Waals surface area contributed by atoms with Crippen LogP contribution in [0.3, 0.4) is 0 Å². The number of carbonyl (C=O) groups excluding carboxylic acids is 2. The Morgan fingerprint density at radius 2 is 1.93 bits per heavy atom. The molecule has 0 aromatic rings. The number of nitrogens with one attached hydrogen (secondary N) is 1. The van der Waals surface area contributed by atoms with Gasteiger partial charge in [0, 0.05) is 0 Å². The van der Waals surface area contributed by atoms with E-state index in [1.807, 2.05) is 20.8 Å². The third kappa shape index (κ3) is 4.07. The lowest BCUT2D eigenvalue weighted by atomic mass is 9.85. The van der Waals surface area contributed by atoms with Crippen LogP contribution in [-0.2, 0) is 9.53 Å². The summed E-state index contributed by atoms with van der Waals surface area (Å²) in [6.45, 7) is 10.3. The highest BCUT2D eigenvalue weighted by Gasteiger charge is 2.30. The average molecular weight is 199 g/mol. The molecule has 0 aromatic heterocycles. The third-order valence-corrected chi connectivity index (χ3v) is 1.73. The van der Waals surface area contributed by atoms with Crippen LogP contribution in [0, 0.1) is 5.41 Å². The molecule has 0 heterocycles. The van der Waals surface area contributed by atoms with Gasteiger partial charge >= 0.3 is 6.09 Å². The maximum atomic E-state index is 11.2. The molecule has 14 heavy (non-hydrogen) atoms. The molecular formula is C10H17NO3. The van der Waals surface area contributed by atoms with E-state index < -0.39 is 12.1 Å². The SMILES string of the molecule is C=COC(=O)N[C@H](C(C)=O)C(C)(C)C. The van der Waals surface area contributed by atoms with E-state index in [0.717, 1.165) is 6.26 Å². The Morgan fingerprint density at radius 3 is 2.21 bits per heavy atom. The fourth-order valence-corrected chi connectivity index (χ4v) is 1.16. The molecule has 1 N–H and O–H groups in total. The van der Waals surface area contributed by atoms with E-state index in [9.17, 15) is 9.59 Å². The number of hydrogen-bond acceptors (Lipinski definition) is 3. The van der Waals surface area contributed by atoms with Gasteiger partial charge in [-0.25, -0.2) is 4.79 Å². The smallest absolute Gasteiger partial charge is 0.412 e. The van der Waals surface area contributed by atoms with Crippen molar-refractivity contribution in [2.45, 2.75) is 33.7 Å². The molecule has 80 valence electrons. The normalized spacial score (nSPS) is 12.9. The molecule has 0 fully saturated rings. The fourth-order valence-electron chi connectivity index (χ4n) is 1.16. The molecule has 0 unspecified atom stereocenters. The van der Waals surface area contributed by atoms with Crippen LogP contribution < -0.4 is 5.32 Å². The largest absolute Gasteiger partial charge is 0.419 e. The van der Waals surface area contributed by atoms with Gasteiger partial charge in [0.2, 0.25) is 0 Å². The lowest BCUT2D eigenvalue weighted by molar-refractivity contribution is -0.121. The Balaban J connectivity index is 4.47. The molecule has 0 radical (unpaired) electrons. The zero-order valence-electron chi connectivity index (χ0n) is 9.09. The highest BCUT2D eigenvalue weighted by atomic mass is 16.5. The first kappa shape index (κ1) is 12.7. The quantitative estimate of drug-likeness (QED) is 0.706. The number of ether oxygens (including phenoxy) is 1. The number of carbonyl (C=O) groups is 2. The molecule has 0 aromatic carbocycles. The van der Waals surface area contributed by atoms with Gasteiger partial charge in [-0.15, -0.1) is 0 Å². The molecule has 0 spiro atoms. The highest BCUT2D eigenvalue weighted by molar-refractivity contribution is 5.86. The lowest BCUT2D eigenvalue weighted by Crippen LogP contribution is -2.48. The minimum atomic E-state index is -0.657. The first-order valence-electron chi connectivity index (χ1n) is 4.37. The topological polar surface area (TPSA) is 55.4 Å². The average Bonchev–Trinajstić information content (AvgIpc) is 1.98. The van der Waals surface area contributed by atoms with Gasteiger partial charge in [0.1, 0.15) is 0 Å². The highest BCUT2D eigenvalue weighted by Crippen LogP contribution is 2.19. The standard InChI is InChI=1S/C10H17NO3/c1-6-14-9(13)11-8(7(2)12)10(3,4)5/h6,8H,1H2,2-5H3,(H,11,13)/t8-/m1/s1. The summed E-state index contributed by atoms with van der Waals surface area (Å²) in [6, 6.07) is -0.546. The van der Waals surface area contributed by atoms with Crippen molar-refractivity contribution in [2.24, 2.45) is 5.41 Å². The molecule has 0 aliphatic rings. The van der Waals surface area contributed by atoms with Crippen LogP contribution in [-0.4, -0.2) is 17.9 Å². The van der Waals surface area contributed by atoms with Crippen molar-refractivity contribution in [1.82, 2.24) is 5.32 Å². The van der Waals surface area contributed by atoms with Gasteiger partial charge in [-0.1, -0.05) is 27.4 Å². The van der Waals surface area contributed by atoms with E-state index in [1.54, 1.807) is 0 Å². The molecule has 0 rings (SSSR count). The van der Waals surface area contributed by atoms with E-state index in [0.29, 0.717) is 0 Å². The number of ketones is 1. The molecule has 0 saturated carbocycles. The Labute approximate surface area is 84.3 Å². The number of amides is 1. The van der Waals surface area contributed by atoms with Crippen molar-refractivity contribution < 1.29 is 14.3 Å². The number of rotatable bonds is 3. The van der Waals surface area contributed by atoms with E-state index in [1.165, 1.54) is 6.92 Å². The van der Waals surface area contributed by atoms with Crippen molar-refractivity contribution >= 4 is 11.9 Å². The van der Waals surface area contributed by atoms with E-state index >= 15 is 0 Å². The van der Waals surface area contributed by atoms with Crippen molar-refractivity contribution in [3.63, 3.8) is 0 Å². The van der Waals surface area contributed by atoms with Crippen molar-refractivity contribution in [3.05, 3.63) is 12.8 Å². The van der Waals surface area contributed by atoms with E-state index in [-0.39, 0.29) is 11.2 Å². The van der Waals surface area contributed by atoms with Crippen LogP contribution in [0.15, 0.2) is 12.8 Å². The zero-order valence-corrected chi connectivity index (χ0v) is 9.09. The fraction of sp³-hybridized carbons (Fsp3) is 0.600. The van der Waals surface area contributed by atoms with Gasteiger partial charge in [-0.05, 0) is 12.3 Å². The van der Waals surface area contributed by atoms with Gasteiger partial charge in [-0.3, -0.25) is 4.79 Å². The summed E-state index contributed by atoms with van der Waals surface area (Å²) < 4.78 is 4.48. The second-order valence-corrected chi connectivity index (χ2v) is 4.13. The molecule has 4 nitrogen and oxygen atoms in total. The Morgan fingerprint density at radius 1 is 1.43 bits per heavy atom. The van der Waals surface area contributed by atoms with Gasteiger partial charge in [0.25, 0.3) is 0 Å². The Bertz CT molecular complexity index is 240. The van der Waals surface area contributed by atoms with Crippen LogP contribution in [0.1, 0.15) is 27.7 Å². The molecule has 1 amide bonds. The molecule has 4 heteroatoms. The minimum absolute atomic E-state index is 0.0986. The van der Waals surface area contributed by atoms with Crippen LogP contribution >= 0.6 is 0 Å². The van der Waals surface area contributed by atoms with Crippen molar-refractivity contribution in [2.75, 3.05) is 0 Å². The minimum Gasteiger partial charge on any atom is -0.419 e. The Hall–Kier alpha value is -1.32. The van der Waals surface area contributed by atoms with Gasteiger partial charge in [0.05, 0.1) is 12.3 Å².